The molecule has 1 aliphatic rings. The van der Waals surface area contributed by atoms with E-state index in [1.54, 1.807) is 0 Å². The van der Waals surface area contributed by atoms with Gasteiger partial charge >= 0.3 is 0 Å². The summed E-state index contributed by atoms with van der Waals surface area (Å²) in [6, 6.07) is 0. The molecular formula is C22H33NO. The second-order valence-corrected chi connectivity index (χ2v) is 5.92. The summed E-state index contributed by atoms with van der Waals surface area (Å²) < 4.78 is 5.27. The lowest BCUT2D eigenvalue weighted by molar-refractivity contribution is 0.350. The first-order valence-electron chi connectivity index (χ1n) is 9.44. The van der Waals surface area contributed by atoms with Crippen LogP contribution >= 0.6 is 0 Å². The summed E-state index contributed by atoms with van der Waals surface area (Å²) in [5.41, 5.74) is 0. The Kier molecular flexibility index (Phi) is 13.5. The van der Waals surface area contributed by atoms with Crippen molar-refractivity contribution in [3.05, 3.63) is 60.8 Å². The number of allylic oxidation sites excluding steroid dienone is 9. The first-order valence-corrected chi connectivity index (χ1v) is 9.44. The summed E-state index contributed by atoms with van der Waals surface area (Å²) >= 11 is 0. The van der Waals surface area contributed by atoms with E-state index < -0.39 is 0 Å². The summed E-state index contributed by atoms with van der Waals surface area (Å²) in [4.78, 5) is 4.18. The van der Waals surface area contributed by atoms with Crippen LogP contribution in [0.2, 0.25) is 0 Å². The molecule has 0 radical (unpaired) electrons. The molecule has 0 unspecified atom stereocenters. The van der Waals surface area contributed by atoms with E-state index in [1.807, 2.05) is 36.5 Å². The van der Waals surface area contributed by atoms with Crippen LogP contribution in [0.15, 0.2) is 65.8 Å². The molecule has 0 aromatic rings. The Balaban J connectivity index is 1.96. The van der Waals surface area contributed by atoms with Crippen LogP contribution in [0.25, 0.3) is 0 Å². The molecule has 0 bridgehead atoms. The molecule has 0 aliphatic carbocycles. The fourth-order valence-electron chi connectivity index (χ4n) is 2.37. The molecule has 0 atom stereocenters. The molecule has 2 nitrogen and oxygen atoms in total. The third-order valence-electron chi connectivity index (χ3n) is 3.74. The molecule has 2 heteroatoms. The average molecular weight is 328 g/mol. The number of unbranched alkanes of at least 4 members (excludes halogenated alkanes) is 7. The van der Waals surface area contributed by atoms with Gasteiger partial charge < -0.3 is 4.74 Å². The third-order valence-corrected chi connectivity index (χ3v) is 3.74. The number of hydrogen-bond acceptors (Lipinski definition) is 2. The summed E-state index contributed by atoms with van der Waals surface area (Å²) in [5.74, 6) is 0.731. The van der Waals surface area contributed by atoms with Crippen LogP contribution in [0.5, 0.6) is 0 Å². The van der Waals surface area contributed by atoms with Gasteiger partial charge in [0, 0.05) is 0 Å². The predicted octanol–water partition coefficient (Wildman–Crippen LogP) is 6.34. The van der Waals surface area contributed by atoms with Gasteiger partial charge in [-0.3, -0.25) is 0 Å². The Morgan fingerprint density at radius 1 is 0.792 bits per heavy atom. The van der Waals surface area contributed by atoms with Gasteiger partial charge in [0.15, 0.2) is 0 Å². The minimum Gasteiger partial charge on any atom is -0.476 e. The monoisotopic (exact) mass is 327 g/mol. The molecular weight excluding hydrogens is 294 g/mol. The Hall–Kier alpha value is -1.83. The Bertz CT molecular complexity index is 466. The summed E-state index contributed by atoms with van der Waals surface area (Å²) in [6.07, 6.45) is 31.2. The quantitative estimate of drug-likeness (QED) is 0.286. The van der Waals surface area contributed by atoms with Crippen molar-refractivity contribution in [3.8, 4) is 0 Å². The van der Waals surface area contributed by atoms with Gasteiger partial charge in [-0.25, -0.2) is 4.99 Å². The molecule has 132 valence electrons. The topological polar surface area (TPSA) is 21.6 Å². The van der Waals surface area contributed by atoms with E-state index in [9.17, 15) is 0 Å². The highest BCUT2D eigenvalue weighted by atomic mass is 16.5. The minimum absolute atomic E-state index is 0.709. The highest BCUT2D eigenvalue weighted by Gasteiger charge is 2.00. The SMILES string of the molecule is CCCCCCCCCC=CC=CC=CC=CC=CC1=NCCO1. The fourth-order valence-corrected chi connectivity index (χ4v) is 2.37. The zero-order valence-electron chi connectivity index (χ0n) is 15.2. The van der Waals surface area contributed by atoms with E-state index in [0.717, 1.165) is 12.4 Å². The second-order valence-electron chi connectivity index (χ2n) is 5.92. The van der Waals surface area contributed by atoms with Crippen molar-refractivity contribution in [1.82, 2.24) is 0 Å². The number of rotatable bonds is 13. The van der Waals surface area contributed by atoms with Gasteiger partial charge in [0.1, 0.15) is 6.61 Å². The van der Waals surface area contributed by atoms with Gasteiger partial charge in [0.2, 0.25) is 5.90 Å². The zero-order chi connectivity index (χ0) is 17.1. The van der Waals surface area contributed by atoms with E-state index in [1.165, 1.54) is 51.4 Å². The summed E-state index contributed by atoms with van der Waals surface area (Å²) in [5, 5.41) is 0. The summed E-state index contributed by atoms with van der Waals surface area (Å²) in [6.45, 7) is 3.75. The van der Waals surface area contributed by atoms with Gasteiger partial charge in [-0.05, 0) is 18.9 Å². The van der Waals surface area contributed by atoms with Crippen molar-refractivity contribution in [1.29, 1.82) is 0 Å². The lowest BCUT2D eigenvalue weighted by Gasteiger charge is -1.98. The van der Waals surface area contributed by atoms with Crippen LogP contribution < -0.4 is 0 Å². The molecule has 1 heterocycles. The Labute approximate surface area is 148 Å². The number of aliphatic imine (C=N–C) groups is 1. The normalized spacial score (nSPS) is 15.6. The van der Waals surface area contributed by atoms with Crippen LogP contribution in [-0.2, 0) is 4.74 Å². The molecule has 0 spiro atoms. The van der Waals surface area contributed by atoms with Crippen LogP contribution in [0.4, 0.5) is 0 Å². The predicted molar refractivity (Wildman–Crippen MR) is 107 cm³/mol. The van der Waals surface area contributed by atoms with E-state index in [0.29, 0.717) is 6.61 Å². The smallest absolute Gasteiger partial charge is 0.208 e. The zero-order valence-corrected chi connectivity index (χ0v) is 15.2. The number of hydrogen-bond donors (Lipinski definition) is 0. The second kappa shape index (κ2) is 16.0. The van der Waals surface area contributed by atoms with Crippen LogP contribution in [0.3, 0.4) is 0 Å². The van der Waals surface area contributed by atoms with Gasteiger partial charge in [-0.2, -0.15) is 0 Å². The van der Waals surface area contributed by atoms with Crippen molar-refractivity contribution in [2.45, 2.75) is 58.3 Å². The molecule has 1 aliphatic heterocycles. The fraction of sp³-hybridized carbons (Fsp3) is 0.500. The molecule has 0 N–H and O–H groups in total. The van der Waals surface area contributed by atoms with E-state index in [-0.39, 0.29) is 0 Å². The highest BCUT2D eigenvalue weighted by Crippen LogP contribution is 2.08. The molecule has 0 fully saturated rings. The maximum Gasteiger partial charge on any atom is 0.208 e. The van der Waals surface area contributed by atoms with Gasteiger partial charge in [0.25, 0.3) is 0 Å². The van der Waals surface area contributed by atoms with Crippen LogP contribution in [-0.4, -0.2) is 19.0 Å². The highest BCUT2D eigenvalue weighted by molar-refractivity contribution is 5.88. The first-order chi connectivity index (χ1) is 11.9. The average Bonchev–Trinajstić information content (AvgIpc) is 3.11. The molecule has 0 amide bonds. The Morgan fingerprint density at radius 2 is 1.42 bits per heavy atom. The van der Waals surface area contributed by atoms with E-state index in [2.05, 4.69) is 36.2 Å². The minimum atomic E-state index is 0.709. The third kappa shape index (κ3) is 12.7. The van der Waals surface area contributed by atoms with E-state index in [4.69, 9.17) is 4.74 Å². The van der Waals surface area contributed by atoms with E-state index >= 15 is 0 Å². The van der Waals surface area contributed by atoms with Crippen molar-refractivity contribution in [2.75, 3.05) is 13.2 Å². The number of ether oxygens (including phenoxy) is 1. The molecule has 1 rings (SSSR count). The molecule has 0 saturated heterocycles. The van der Waals surface area contributed by atoms with Crippen molar-refractivity contribution < 1.29 is 4.74 Å². The van der Waals surface area contributed by atoms with Gasteiger partial charge in [-0.15, -0.1) is 0 Å². The van der Waals surface area contributed by atoms with Gasteiger partial charge in [-0.1, -0.05) is 100 Å². The molecule has 0 saturated carbocycles. The largest absolute Gasteiger partial charge is 0.476 e. The van der Waals surface area contributed by atoms with Crippen molar-refractivity contribution in [3.63, 3.8) is 0 Å². The van der Waals surface area contributed by atoms with Crippen LogP contribution in [0, 0.1) is 0 Å². The maximum atomic E-state index is 5.27. The molecule has 0 aromatic heterocycles. The maximum absolute atomic E-state index is 5.27. The van der Waals surface area contributed by atoms with Crippen LogP contribution in [0.1, 0.15) is 58.3 Å². The summed E-state index contributed by atoms with van der Waals surface area (Å²) in [7, 11) is 0. The Morgan fingerprint density at radius 3 is 2.08 bits per heavy atom. The molecule has 24 heavy (non-hydrogen) atoms. The lowest BCUT2D eigenvalue weighted by atomic mass is 10.1. The standard InChI is InChI=1S/C22H33NO/c1-2-3-4-5-6-7-8-9-10-11-12-13-14-15-16-17-18-19-22-23-20-21-24-22/h10-19H,2-9,20-21H2,1H3. The lowest BCUT2D eigenvalue weighted by Crippen LogP contribution is -1.92. The first kappa shape index (κ1) is 20.2. The number of nitrogens with zero attached hydrogens (tertiary/aromatic N) is 1. The van der Waals surface area contributed by atoms with Crippen molar-refractivity contribution in [2.24, 2.45) is 4.99 Å². The molecule has 0 aromatic carbocycles. The van der Waals surface area contributed by atoms with Crippen molar-refractivity contribution >= 4 is 5.90 Å². The van der Waals surface area contributed by atoms with Gasteiger partial charge in [0.05, 0.1) is 6.54 Å².